The molecular weight excluding hydrogens is 380 g/mol. The second-order valence-corrected chi connectivity index (χ2v) is 7.24. The first kappa shape index (κ1) is 21.6. The van der Waals surface area contributed by atoms with E-state index in [2.05, 4.69) is 6.58 Å². The molecule has 1 aliphatic heterocycles. The smallest absolute Gasteiger partial charge is 0.247 e. The molecule has 0 saturated carbocycles. The molecule has 1 fully saturated rings. The number of ether oxygens (including phenoxy) is 1. The minimum Gasteiger partial charge on any atom is -0.467 e. The van der Waals surface area contributed by atoms with Gasteiger partial charge in [-0.2, -0.15) is 0 Å². The summed E-state index contributed by atoms with van der Waals surface area (Å²) >= 11 is 0. The average Bonchev–Trinajstić information content (AvgIpc) is 3.46. The Labute approximate surface area is 177 Å². The van der Waals surface area contributed by atoms with E-state index >= 15 is 0 Å². The van der Waals surface area contributed by atoms with Gasteiger partial charge < -0.3 is 19.0 Å². The Bertz CT molecular complexity index is 839. The summed E-state index contributed by atoms with van der Waals surface area (Å²) < 4.78 is 11.1. The average molecular weight is 408 g/mol. The summed E-state index contributed by atoms with van der Waals surface area (Å²) in [6.45, 7) is 5.53. The van der Waals surface area contributed by atoms with Gasteiger partial charge in [-0.1, -0.05) is 36.4 Å². The number of hydrogen-bond donors (Lipinski definition) is 0. The largest absolute Gasteiger partial charge is 0.467 e. The highest BCUT2D eigenvalue weighted by Crippen LogP contribution is 2.16. The molecule has 30 heavy (non-hydrogen) atoms. The lowest BCUT2D eigenvalue weighted by Gasteiger charge is -2.28. The van der Waals surface area contributed by atoms with Crippen molar-refractivity contribution in [1.29, 1.82) is 0 Å². The van der Waals surface area contributed by atoms with Gasteiger partial charge in [-0.25, -0.2) is 0 Å². The Morgan fingerprint density at radius 2 is 1.97 bits per heavy atom. The third-order valence-electron chi connectivity index (χ3n) is 4.93. The lowest BCUT2D eigenvalue weighted by molar-refractivity contribution is -0.139. The van der Waals surface area contributed by atoms with Crippen molar-refractivity contribution in [1.82, 2.24) is 9.80 Å². The topological polar surface area (TPSA) is 63.0 Å². The summed E-state index contributed by atoms with van der Waals surface area (Å²) in [5, 5.41) is 0. The molecular formula is C24H28N2O4. The summed E-state index contributed by atoms with van der Waals surface area (Å²) in [6, 6.07) is 13.2. The fourth-order valence-electron chi connectivity index (χ4n) is 3.37. The maximum atomic E-state index is 13.1. The van der Waals surface area contributed by atoms with Gasteiger partial charge in [-0.3, -0.25) is 9.59 Å². The maximum Gasteiger partial charge on any atom is 0.247 e. The van der Waals surface area contributed by atoms with Crippen LogP contribution in [-0.4, -0.2) is 54.0 Å². The van der Waals surface area contributed by atoms with E-state index in [0.29, 0.717) is 18.8 Å². The lowest BCUT2D eigenvalue weighted by Crippen LogP contribution is -2.44. The van der Waals surface area contributed by atoms with Crippen molar-refractivity contribution in [3.05, 3.63) is 78.8 Å². The monoisotopic (exact) mass is 408 g/mol. The standard InChI is InChI=1S/C24H28N2O4/c1-2-14-25(23(27)13-12-20-8-4-3-5-9-20)19-24(28)26(17-21-10-6-15-29-21)18-22-11-7-16-30-22/h2-6,8-10,12-13,15,22H,1,7,11,14,16-19H2/b13-12+/t22-/m1/s1. The molecule has 0 radical (unpaired) electrons. The predicted octanol–water partition coefficient (Wildman–Crippen LogP) is 3.52. The van der Waals surface area contributed by atoms with Crippen LogP contribution >= 0.6 is 0 Å². The molecule has 0 aliphatic carbocycles. The van der Waals surface area contributed by atoms with Crippen LogP contribution in [0.1, 0.15) is 24.2 Å². The number of nitrogens with zero attached hydrogens (tertiary/aromatic N) is 2. The van der Waals surface area contributed by atoms with Crippen LogP contribution in [0.4, 0.5) is 0 Å². The molecule has 6 nitrogen and oxygen atoms in total. The van der Waals surface area contributed by atoms with Crippen LogP contribution in [0.5, 0.6) is 0 Å². The molecule has 2 heterocycles. The molecule has 158 valence electrons. The zero-order chi connectivity index (χ0) is 21.2. The van der Waals surface area contributed by atoms with E-state index in [9.17, 15) is 9.59 Å². The van der Waals surface area contributed by atoms with E-state index in [1.54, 1.807) is 29.4 Å². The van der Waals surface area contributed by atoms with Crippen molar-refractivity contribution in [2.75, 3.05) is 26.2 Å². The van der Waals surface area contributed by atoms with Crippen molar-refractivity contribution in [3.8, 4) is 0 Å². The van der Waals surface area contributed by atoms with Gasteiger partial charge in [-0.15, -0.1) is 6.58 Å². The molecule has 1 aliphatic rings. The summed E-state index contributed by atoms with van der Waals surface area (Å²) in [7, 11) is 0. The molecule has 1 aromatic heterocycles. The van der Waals surface area contributed by atoms with Crippen LogP contribution in [0, 0.1) is 0 Å². The number of hydrogen-bond acceptors (Lipinski definition) is 4. The van der Waals surface area contributed by atoms with Crippen LogP contribution < -0.4 is 0 Å². The molecule has 0 unspecified atom stereocenters. The van der Waals surface area contributed by atoms with Crippen LogP contribution in [-0.2, 0) is 20.9 Å². The van der Waals surface area contributed by atoms with Crippen molar-refractivity contribution in [3.63, 3.8) is 0 Å². The van der Waals surface area contributed by atoms with E-state index in [1.807, 2.05) is 36.4 Å². The van der Waals surface area contributed by atoms with E-state index in [4.69, 9.17) is 9.15 Å². The molecule has 3 rings (SSSR count). The molecule has 0 N–H and O–H groups in total. The van der Waals surface area contributed by atoms with E-state index in [0.717, 1.165) is 25.0 Å². The molecule has 2 amide bonds. The second kappa shape index (κ2) is 11.2. The van der Waals surface area contributed by atoms with Gasteiger partial charge >= 0.3 is 0 Å². The van der Waals surface area contributed by atoms with Gasteiger partial charge in [0.2, 0.25) is 11.8 Å². The third kappa shape index (κ3) is 6.46. The molecule has 2 aromatic rings. The molecule has 1 saturated heterocycles. The number of carbonyl (C=O) groups is 2. The fraction of sp³-hybridized carbons (Fsp3) is 0.333. The van der Waals surface area contributed by atoms with Gasteiger partial charge in [0.1, 0.15) is 12.3 Å². The quantitative estimate of drug-likeness (QED) is 0.446. The van der Waals surface area contributed by atoms with Crippen molar-refractivity contribution in [2.24, 2.45) is 0 Å². The minimum absolute atomic E-state index is 0.0189. The van der Waals surface area contributed by atoms with E-state index in [1.165, 1.54) is 11.0 Å². The van der Waals surface area contributed by atoms with Crippen molar-refractivity contribution in [2.45, 2.75) is 25.5 Å². The predicted molar refractivity (Wildman–Crippen MR) is 115 cm³/mol. The highest BCUT2D eigenvalue weighted by molar-refractivity contribution is 5.94. The normalized spacial score (nSPS) is 15.9. The first-order valence-electron chi connectivity index (χ1n) is 10.2. The number of benzene rings is 1. The van der Waals surface area contributed by atoms with Gasteiger partial charge in [0.05, 0.1) is 18.9 Å². The van der Waals surface area contributed by atoms with Crippen molar-refractivity contribution < 1.29 is 18.7 Å². The highest BCUT2D eigenvalue weighted by Gasteiger charge is 2.25. The molecule has 1 aromatic carbocycles. The summed E-state index contributed by atoms with van der Waals surface area (Å²) in [5.41, 5.74) is 0.925. The lowest BCUT2D eigenvalue weighted by atomic mass is 10.2. The number of carbonyl (C=O) groups excluding carboxylic acids is 2. The molecule has 1 atom stereocenters. The molecule has 6 heteroatoms. The van der Waals surface area contributed by atoms with Gasteiger partial charge in [0.25, 0.3) is 0 Å². The van der Waals surface area contributed by atoms with Gasteiger partial charge in [-0.05, 0) is 36.6 Å². The first-order chi connectivity index (χ1) is 14.7. The fourth-order valence-corrected chi connectivity index (χ4v) is 3.37. The second-order valence-electron chi connectivity index (χ2n) is 7.24. The minimum atomic E-state index is -0.234. The summed E-state index contributed by atoms with van der Waals surface area (Å²) in [4.78, 5) is 29.0. The zero-order valence-corrected chi connectivity index (χ0v) is 17.1. The Balaban J connectivity index is 1.67. The summed E-state index contributed by atoms with van der Waals surface area (Å²) in [5.74, 6) is 0.319. The first-order valence-corrected chi connectivity index (χ1v) is 10.2. The van der Waals surface area contributed by atoms with Crippen molar-refractivity contribution >= 4 is 17.9 Å². The Hall–Kier alpha value is -3.12. The molecule has 0 bridgehead atoms. The number of amides is 2. The maximum absolute atomic E-state index is 13.1. The zero-order valence-electron chi connectivity index (χ0n) is 17.1. The van der Waals surface area contributed by atoms with E-state index < -0.39 is 0 Å². The Morgan fingerprint density at radius 1 is 1.13 bits per heavy atom. The van der Waals surface area contributed by atoms with Crippen LogP contribution in [0.25, 0.3) is 6.08 Å². The highest BCUT2D eigenvalue weighted by atomic mass is 16.5. The van der Waals surface area contributed by atoms with Crippen LogP contribution in [0.15, 0.2) is 71.9 Å². The van der Waals surface area contributed by atoms with Gasteiger partial charge in [0.15, 0.2) is 0 Å². The SMILES string of the molecule is C=CCN(CC(=O)N(Cc1ccco1)C[C@H]1CCCO1)C(=O)/C=C/c1ccccc1. The summed E-state index contributed by atoms with van der Waals surface area (Å²) in [6.07, 6.45) is 8.39. The van der Waals surface area contributed by atoms with Crippen LogP contribution in [0.2, 0.25) is 0 Å². The van der Waals surface area contributed by atoms with Crippen LogP contribution in [0.3, 0.4) is 0 Å². The number of rotatable bonds is 10. The Kier molecular flexibility index (Phi) is 8.03. The van der Waals surface area contributed by atoms with Gasteiger partial charge in [0, 0.05) is 25.8 Å². The Morgan fingerprint density at radius 3 is 2.63 bits per heavy atom. The van der Waals surface area contributed by atoms with E-state index in [-0.39, 0.29) is 31.0 Å². The number of furan rings is 1. The molecule has 0 spiro atoms. The third-order valence-corrected chi connectivity index (χ3v) is 4.93.